The zero-order valence-electron chi connectivity index (χ0n) is 10.0. The Hall–Kier alpha value is -1.76. The molecule has 1 fully saturated rings. The summed E-state index contributed by atoms with van der Waals surface area (Å²) in [6.07, 6.45) is 0.895. The summed E-state index contributed by atoms with van der Waals surface area (Å²) in [6, 6.07) is 2.82. The molecule has 6 nitrogen and oxygen atoms in total. The first-order chi connectivity index (χ1) is 8.74. The zero-order chi connectivity index (χ0) is 12.8. The molecule has 0 spiro atoms. The maximum Gasteiger partial charge on any atom is 0.234 e. The highest BCUT2D eigenvalue weighted by Crippen LogP contribution is 2.01. The van der Waals surface area contributed by atoms with E-state index >= 15 is 0 Å². The number of amides is 1. The molecule has 7 heteroatoms. The average Bonchev–Trinajstić information content (AvgIpc) is 2.37. The highest BCUT2D eigenvalue weighted by molar-refractivity contribution is 5.78. The third-order valence-corrected chi connectivity index (χ3v) is 2.71. The molecule has 0 bridgehead atoms. The van der Waals surface area contributed by atoms with Crippen LogP contribution in [0.1, 0.15) is 6.42 Å². The fourth-order valence-corrected chi connectivity index (χ4v) is 1.81. The number of anilines is 1. The van der Waals surface area contributed by atoms with Crippen LogP contribution in [-0.4, -0.2) is 53.7 Å². The van der Waals surface area contributed by atoms with Crippen molar-refractivity contribution in [2.24, 2.45) is 0 Å². The molecule has 2 heterocycles. The third kappa shape index (κ3) is 3.92. The Kier molecular flexibility index (Phi) is 4.40. The number of nitrogens with zero attached hydrogens (tertiary/aromatic N) is 3. The van der Waals surface area contributed by atoms with E-state index in [4.69, 9.17) is 0 Å². The van der Waals surface area contributed by atoms with E-state index in [0.717, 1.165) is 32.6 Å². The summed E-state index contributed by atoms with van der Waals surface area (Å²) in [7, 11) is 0. The fraction of sp³-hybridized carbons (Fsp3) is 0.545. The van der Waals surface area contributed by atoms with Crippen LogP contribution in [-0.2, 0) is 4.79 Å². The normalized spacial score (nSPS) is 16.4. The van der Waals surface area contributed by atoms with Gasteiger partial charge in [0, 0.05) is 26.2 Å². The van der Waals surface area contributed by atoms with Crippen molar-refractivity contribution in [1.29, 1.82) is 0 Å². The lowest BCUT2D eigenvalue weighted by Crippen LogP contribution is -2.47. The predicted molar refractivity (Wildman–Crippen MR) is 64.5 cm³/mol. The van der Waals surface area contributed by atoms with Gasteiger partial charge in [-0.1, -0.05) is 0 Å². The van der Waals surface area contributed by atoms with Crippen LogP contribution in [0.5, 0.6) is 0 Å². The van der Waals surface area contributed by atoms with Crippen molar-refractivity contribution in [3.8, 4) is 0 Å². The molecule has 1 aliphatic heterocycles. The first-order valence-electron chi connectivity index (χ1n) is 5.96. The molecule has 1 saturated heterocycles. The molecular formula is C11H16FN5O. The molecule has 98 valence electrons. The maximum absolute atomic E-state index is 12.5. The Morgan fingerprint density at radius 1 is 1.44 bits per heavy atom. The molecule has 2 N–H and O–H groups in total. The van der Waals surface area contributed by atoms with Gasteiger partial charge in [-0.15, -0.1) is 10.2 Å². The predicted octanol–water partition coefficient (Wildman–Crippen LogP) is -0.151. The summed E-state index contributed by atoms with van der Waals surface area (Å²) >= 11 is 0. The Bertz CT molecular complexity index is 397. The topological polar surface area (TPSA) is 70.2 Å². The van der Waals surface area contributed by atoms with E-state index in [2.05, 4.69) is 25.7 Å². The second-order valence-corrected chi connectivity index (χ2v) is 4.15. The molecule has 0 atom stereocenters. The summed E-state index contributed by atoms with van der Waals surface area (Å²) in [6.45, 7) is 3.65. The van der Waals surface area contributed by atoms with Crippen LogP contribution < -0.4 is 10.6 Å². The molecule has 0 unspecified atom stereocenters. The van der Waals surface area contributed by atoms with E-state index in [-0.39, 0.29) is 5.91 Å². The van der Waals surface area contributed by atoms with Gasteiger partial charge in [0.15, 0.2) is 0 Å². The molecule has 0 saturated carbocycles. The van der Waals surface area contributed by atoms with Crippen LogP contribution >= 0.6 is 0 Å². The highest BCUT2D eigenvalue weighted by atomic mass is 19.1. The van der Waals surface area contributed by atoms with E-state index in [0.29, 0.717) is 12.4 Å². The highest BCUT2D eigenvalue weighted by Gasteiger charge is 2.14. The lowest BCUT2D eigenvalue weighted by Gasteiger charge is -2.26. The number of rotatable bonds is 5. The number of hydrogen-bond donors (Lipinski definition) is 2. The lowest BCUT2D eigenvalue weighted by molar-refractivity contribution is -0.124. The van der Waals surface area contributed by atoms with Crippen molar-refractivity contribution in [2.75, 3.05) is 38.0 Å². The number of halogens is 1. The van der Waals surface area contributed by atoms with Crippen LogP contribution in [0.2, 0.25) is 0 Å². The van der Waals surface area contributed by atoms with Gasteiger partial charge in [-0.05, 0) is 18.6 Å². The van der Waals surface area contributed by atoms with Crippen LogP contribution in [0, 0.1) is 5.95 Å². The number of aromatic nitrogens is 2. The molecule has 1 aliphatic rings. The van der Waals surface area contributed by atoms with Crippen molar-refractivity contribution in [1.82, 2.24) is 20.4 Å². The monoisotopic (exact) mass is 253 g/mol. The van der Waals surface area contributed by atoms with Gasteiger partial charge in [-0.2, -0.15) is 4.39 Å². The minimum absolute atomic E-state index is 0.0820. The zero-order valence-corrected chi connectivity index (χ0v) is 10.0. The first-order valence-corrected chi connectivity index (χ1v) is 5.96. The second-order valence-electron chi connectivity index (χ2n) is 4.15. The summed E-state index contributed by atoms with van der Waals surface area (Å²) in [5.41, 5.74) is 0. The second kappa shape index (κ2) is 6.25. The summed E-state index contributed by atoms with van der Waals surface area (Å²) in [5, 5.41) is 12.8. The smallest absolute Gasteiger partial charge is 0.234 e. The van der Waals surface area contributed by atoms with Gasteiger partial charge in [-0.3, -0.25) is 9.69 Å². The Morgan fingerprint density at radius 2 is 2.33 bits per heavy atom. The maximum atomic E-state index is 12.5. The largest absolute Gasteiger partial charge is 0.369 e. The molecule has 1 aromatic heterocycles. The van der Waals surface area contributed by atoms with E-state index in [1.165, 1.54) is 6.07 Å². The number of piperazine rings is 1. The van der Waals surface area contributed by atoms with Crippen LogP contribution in [0.4, 0.5) is 10.2 Å². The van der Waals surface area contributed by atoms with Crippen LogP contribution in [0.3, 0.4) is 0 Å². The van der Waals surface area contributed by atoms with Crippen molar-refractivity contribution in [3.63, 3.8) is 0 Å². The van der Waals surface area contributed by atoms with E-state index in [1.54, 1.807) is 6.07 Å². The Balaban J connectivity index is 1.63. The Morgan fingerprint density at radius 3 is 3.06 bits per heavy atom. The SMILES string of the molecule is O=C1CN(CCCNc2ccc(F)nn2)CCN1. The molecule has 0 aliphatic carbocycles. The number of carbonyl (C=O) groups excluding carboxylic acids is 1. The Labute approximate surface area is 105 Å². The van der Waals surface area contributed by atoms with Gasteiger partial charge < -0.3 is 10.6 Å². The van der Waals surface area contributed by atoms with E-state index in [9.17, 15) is 9.18 Å². The van der Waals surface area contributed by atoms with Gasteiger partial charge in [0.25, 0.3) is 0 Å². The molecule has 2 rings (SSSR count). The molecule has 0 radical (unpaired) electrons. The molecule has 18 heavy (non-hydrogen) atoms. The van der Waals surface area contributed by atoms with Gasteiger partial charge in [-0.25, -0.2) is 0 Å². The van der Waals surface area contributed by atoms with Crippen LogP contribution in [0.15, 0.2) is 12.1 Å². The number of carbonyl (C=O) groups is 1. The molecule has 1 amide bonds. The quantitative estimate of drug-likeness (QED) is 0.714. The molecule has 1 aromatic rings. The fourth-order valence-electron chi connectivity index (χ4n) is 1.81. The van der Waals surface area contributed by atoms with E-state index in [1.807, 2.05) is 0 Å². The van der Waals surface area contributed by atoms with Gasteiger partial charge in [0.1, 0.15) is 5.82 Å². The van der Waals surface area contributed by atoms with Gasteiger partial charge in [0.05, 0.1) is 6.54 Å². The summed E-state index contributed by atoms with van der Waals surface area (Å²) in [5.74, 6) is 0.0614. The molecular weight excluding hydrogens is 237 g/mol. The minimum Gasteiger partial charge on any atom is -0.369 e. The van der Waals surface area contributed by atoms with Crippen molar-refractivity contribution >= 4 is 11.7 Å². The standard InChI is InChI=1S/C11H16FN5O/c12-9-2-3-10(16-15-9)13-4-1-6-17-7-5-14-11(18)8-17/h2-3H,1,4-8H2,(H,13,16)(H,14,18). The van der Waals surface area contributed by atoms with Crippen LogP contribution in [0.25, 0.3) is 0 Å². The van der Waals surface area contributed by atoms with Crippen molar-refractivity contribution in [3.05, 3.63) is 18.1 Å². The first kappa shape index (κ1) is 12.7. The van der Waals surface area contributed by atoms with Gasteiger partial charge >= 0.3 is 0 Å². The average molecular weight is 253 g/mol. The number of hydrogen-bond acceptors (Lipinski definition) is 5. The minimum atomic E-state index is -0.583. The third-order valence-electron chi connectivity index (χ3n) is 2.71. The molecule has 0 aromatic carbocycles. The van der Waals surface area contributed by atoms with Crippen molar-refractivity contribution < 1.29 is 9.18 Å². The summed E-state index contributed by atoms with van der Waals surface area (Å²) in [4.78, 5) is 13.2. The number of nitrogens with one attached hydrogen (secondary N) is 2. The van der Waals surface area contributed by atoms with Gasteiger partial charge in [0.2, 0.25) is 11.9 Å². The van der Waals surface area contributed by atoms with E-state index < -0.39 is 5.95 Å². The summed E-state index contributed by atoms with van der Waals surface area (Å²) < 4.78 is 12.5. The lowest BCUT2D eigenvalue weighted by atomic mass is 10.3. The van der Waals surface area contributed by atoms with Crippen molar-refractivity contribution in [2.45, 2.75) is 6.42 Å².